The Morgan fingerprint density at radius 3 is 3.00 bits per heavy atom. The van der Waals surface area contributed by atoms with Crippen LogP contribution in [0.25, 0.3) is 0 Å². The third-order valence-electron chi connectivity index (χ3n) is 2.27. The van der Waals surface area contributed by atoms with Gasteiger partial charge >= 0.3 is 6.09 Å². The van der Waals surface area contributed by atoms with Crippen LogP contribution in [0.3, 0.4) is 0 Å². The first-order valence-corrected chi connectivity index (χ1v) is 4.97. The molecule has 0 saturated carbocycles. The molecular formula is C9H17NO5. The number of nitrogens with one attached hydrogen (secondary N) is 1. The number of hydrogen-bond acceptors (Lipinski definition) is 5. The van der Waals surface area contributed by atoms with Crippen LogP contribution in [0.1, 0.15) is 13.3 Å². The van der Waals surface area contributed by atoms with Crippen LogP contribution in [0.2, 0.25) is 0 Å². The normalized spacial score (nSPS) is 24.6. The van der Waals surface area contributed by atoms with Gasteiger partial charge in [0, 0.05) is 6.42 Å². The molecule has 1 amide bonds. The molecule has 15 heavy (non-hydrogen) atoms. The van der Waals surface area contributed by atoms with Crippen LogP contribution < -0.4 is 5.32 Å². The van der Waals surface area contributed by atoms with E-state index in [0.717, 1.165) is 0 Å². The van der Waals surface area contributed by atoms with Crippen LogP contribution in [0.5, 0.6) is 0 Å². The van der Waals surface area contributed by atoms with Crippen LogP contribution in [0.4, 0.5) is 4.79 Å². The van der Waals surface area contributed by atoms with Gasteiger partial charge in [-0.05, 0) is 6.92 Å². The molecule has 1 fully saturated rings. The monoisotopic (exact) mass is 219 g/mol. The number of ether oxygens (including phenoxy) is 2. The van der Waals surface area contributed by atoms with Gasteiger partial charge in [0.2, 0.25) is 0 Å². The quantitative estimate of drug-likeness (QED) is 0.578. The van der Waals surface area contributed by atoms with Gasteiger partial charge in [0.15, 0.2) is 0 Å². The molecule has 3 atom stereocenters. The van der Waals surface area contributed by atoms with Crippen molar-refractivity contribution in [3.8, 4) is 0 Å². The van der Waals surface area contributed by atoms with Gasteiger partial charge in [-0.2, -0.15) is 0 Å². The summed E-state index contributed by atoms with van der Waals surface area (Å²) in [5.41, 5.74) is 0. The Labute approximate surface area is 88.2 Å². The highest BCUT2D eigenvalue weighted by Gasteiger charge is 2.22. The van der Waals surface area contributed by atoms with Crippen LogP contribution in [0.15, 0.2) is 0 Å². The van der Waals surface area contributed by atoms with E-state index in [2.05, 4.69) is 5.32 Å². The predicted molar refractivity (Wildman–Crippen MR) is 51.4 cm³/mol. The van der Waals surface area contributed by atoms with E-state index in [9.17, 15) is 9.90 Å². The van der Waals surface area contributed by atoms with Gasteiger partial charge in [-0.3, -0.25) is 0 Å². The van der Waals surface area contributed by atoms with Crippen LogP contribution in [-0.2, 0) is 9.47 Å². The van der Waals surface area contributed by atoms with Crippen molar-refractivity contribution >= 4 is 6.09 Å². The molecular weight excluding hydrogens is 202 g/mol. The maximum absolute atomic E-state index is 11.2. The van der Waals surface area contributed by atoms with Crippen molar-refractivity contribution in [1.82, 2.24) is 5.32 Å². The van der Waals surface area contributed by atoms with Gasteiger partial charge < -0.3 is 25.0 Å². The van der Waals surface area contributed by atoms with Gasteiger partial charge in [0.1, 0.15) is 6.10 Å². The summed E-state index contributed by atoms with van der Waals surface area (Å²) >= 11 is 0. The Kier molecular flexibility index (Phi) is 4.80. The lowest BCUT2D eigenvalue weighted by Gasteiger charge is -2.19. The summed E-state index contributed by atoms with van der Waals surface area (Å²) in [4.78, 5) is 11.2. The first kappa shape index (κ1) is 12.2. The number of amides is 1. The number of hydrogen-bond donors (Lipinski definition) is 3. The fourth-order valence-electron chi connectivity index (χ4n) is 1.23. The molecule has 0 aromatic heterocycles. The molecule has 6 heteroatoms. The maximum atomic E-state index is 11.2. The van der Waals surface area contributed by atoms with E-state index in [0.29, 0.717) is 19.6 Å². The standard InChI is InChI=1S/C9H17NO5/c1-6(8(12)4-11)10-9(13)15-7-2-3-14-5-7/h6-8,11-12H,2-5H2,1H3,(H,10,13)/t6?,7-,8?/m0/s1. The van der Waals surface area contributed by atoms with Crippen molar-refractivity contribution in [3.05, 3.63) is 0 Å². The van der Waals surface area contributed by atoms with Crippen LogP contribution in [-0.4, -0.2) is 54.4 Å². The average molecular weight is 219 g/mol. The van der Waals surface area contributed by atoms with Crippen molar-refractivity contribution in [3.63, 3.8) is 0 Å². The number of aliphatic hydroxyl groups is 2. The number of aliphatic hydroxyl groups excluding tert-OH is 2. The lowest BCUT2D eigenvalue weighted by molar-refractivity contribution is 0.0521. The smallest absolute Gasteiger partial charge is 0.407 e. The maximum Gasteiger partial charge on any atom is 0.407 e. The molecule has 1 saturated heterocycles. The Morgan fingerprint density at radius 1 is 1.73 bits per heavy atom. The number of alkyl carbamates (subject to hydrolysis) is 1. The fourth-order valence-corrected chi connectivity index (χ4v) is 1.23. The average Bonchev–Trinajstić information content (AvgIpc) is 2.68. The minimum atomic E-state index is -0.975. The molecule has 1 rings (SSSR count). The molecule has 6 nitrogen and oxygen atoms in total. The summed E-state index contributed by atoms with van der Waals surface area (Å²) in [5.74, 6) is 0. The van der Waals surface area contributed by atoms with E-state index in [-0.39, 0.29) is 6.10 Å². The molecule has 1 aliphatic heterocycles. The third kappa shape index (κ3) is 4.03. The Hall–Kier alpha value is -0.850. The van der Waals surface area contributed by atoms with Crippen molar-refractivity contribution < 1.29 is 24.5 Å². The zero-order chi connectivity index (χ0) is 11.3. The molecule has 3 N–H and O–H groups in total. The second-order valence-electron chi connectivity index (χ2n) is 3.57. The highest BCUT2D eigenvalue weighted by Crippen LogP contribution is 2.08. The lowest BCUT2D eigenvalue weighted by Crippen LogP contribution is -2.44. The zero-order valence-electron chi connectivity index (χ0n) is 8.68. The highest BCUT2D eigenvalue weighted by molar-refractivity contribution is 5.67. The van der Waals surface area contributed by atoms with Crippen molar-refractivity contribution in [2.45, 2.75) is 31.6 Å². The van der Waals surface area contributed by atoms with E-state index in [1.54, 1.807) is 6.92 Å². The first-order valence-electron chi connectivity index (χ1n) is 4.97. The van der Waals surface area contributed by atoms with E-state index in [1.165, 1.54) is 0 Å². The van der Waals surface area contributed by atoms with Gasteiger partial charge in [0.25, 0.3) is 0 Å². The summed E-state index contributed by atoms with van der Waals surface area (Å²) in [7, 11) is 0. The summed E-state index contributed by atoms with van der Waals surface area (Å²) in [5, 5.41) is 20.3. The third-order valence-corrected chi connectivity index (χ3v) is 2.27. The van der Waals surface area contributed by atoms with E-state index in [1.807, 2.05) is 0 Å². The highest BCUT2D eigenvalue weighted by atomic mass is 16.6. The van der Waals surface area contributed by atoms with Gasteiger partial charge in [-0.1, -0.05) is 0 Å². The molecule has 2 unspecified atom stereocenters. The molecule has 0 bridgehead atoms. The largest absolute Gasteiger partial charge is 0.444 e. The van der Waals surface area contributed by atoms with Crippen molar-refractivity contribution in [2.75, 3.05) is 19.8 Å². The summed E-state index contributed by atoms with van der Waals surface area (Å²) < 4.78 is 10.0. The molecule has 88 valence electrons. The zero-order valence-corrected chi connectivity index (χ0v) is 8.68. The first-order chi connectivity index (χ1) is 7.13. The van der Waals surface area contributed by atoms with Gasteiger partial charge in [-0.25, -0.2) is 4.79 Å². The number of carbonyl (C=O) groups is 1. The molecule has 0 aromatic carbocycles. The van der Waals surface area contributed by atoms with Crippen LogP contribution in [0, 0.1) is 0 Å². The molecule has 1 aliphatic rings. The SMILES string of the molecule is CC(NC(=O)O[C@H]1CCOC1)C(O)CO. The van der Waals surface area contributed by atoms with Crippen molar-refractivity contribution in [1.29, 1.82) is 0 Å². The Morgan fingerprint density at radius 2 is 2.47 bits per heavy atom. The molecule has 1 heterocycles. The number of carbonyl (C=O) groups excluding carboxylic acids is 1. The van der Waals surface area contributed by atoms with Crippen LogP contribution >= 0.6 is 0 Å². The Balaban J connectivity index is 2.22. The summed E-state index contributed by atoms with van der Waals surface area (Å²) in [6.07, 6.45) is -1.07. The van der Waals surface area contributed by atoms with E-state index >= 15 is 0 Å². The van der Waals surface area contributed by atoms with Gasteiger partial charge in [-0.15, -0.1) is 0 Å². The minimum Gasteiger partial charge on any atom is -0.444 e. The van der Waals surface area contributed by atoms with E-state index in [4.69, 9.17) is 14.6 Å². The lowest BCUT2D eigenvalue weighted by atomic mass is 10.2. The molecule has 0 spiro atoms. The van der Waals surface area contributed by atoms with Gasteiger partial charge in [0.05, 0.1) is 32.0 Å². The Bertz CT molecular complexity index is 205. The summed E-state index contributed by atoms with van der Waals surface area (Å²) in [6.45, 7) is 2.22. The topological polar surface area (TPSA) is 88.0 Å². The summed E-state index contributed by atoms with van der Waals surface area (Å²) in [6, 6.07) is -0.537. The second-order valence-corrected chi connectivity index (χ2v) is 3.57. The second kappa shape index (κ2) is 5.89. The van der Waals surface area contributed by atoms with E-state index < -0.39 is 24.8 Å². The molecule has 0 aromatic rings. The fraction of sp³-hybridized carbons (Fsp3) is 0.889. The molecule has 0 radical (unpaired) electrons. The predicted octanol–water partition coefficient (Wildman–Crippen LogP) is -0.757. The molecule has 0 aliphatic carbocycles. The number of rotatable bonds is 4. The van der Waals surface area contributed by atoms with Crippen molar-refractivity contribution in [2.24, 2.45) is 0 Å². The minimum absolute atomic E-state index is 0.205.